The minimum Gasteiger partial charge on any atom is -0.339 e. The van der Waals surface area contributed by atoms with Crippen molar-refractivity contribution in [1.29, 1.82) is 5.26 Å². The van der Waals surface area contributed by atoms with Crippen molar-refractivity contribution in [2.24, 2.45) is 7.05 Å². The summed E-state index contributed by atoms with van der Waals surface area (Å²) in [6, 6.07) is 17.8. The van der Waals surface area contributed by atoms with Crippen molar-refractivity contribution in [2.45, 2.75) is 0 Å². The maximum atomic E-state index is 12.9. The lowest BCUT2D eigenvalue weighted by Gasteiger charge is -2.14. The molecule has 4 rings (SSSR count). The maximum absolute atomic E-state index is 12.9. The molecule has 122 valence electrons. The molecule has 25 heavy (non-hydrogen) atoms. The SMILES string of the molecule is CN1CC=C(c2ccc(C#N)cc2)c2c(n(C)c3ccccc23)C1=O. The second kappa shape index (κ2) is 5.64. The molecule has 0 saturated heterocycles. The van der Waals surface area contributed by atoms with Gasteiger partial charge in [-0.05, 0) is 29.3 Å². The highest BCUT2D eigenvalue weighted by Gasteiger charge is 2.28. The van der Waals surface area contributed by atoms with Crippen LogP contribution in [0.15, 0.2) is 54.6 Å². The summed E-state index contributed by atoms with van der Waals surface area (Å²) in [7, 11) is 3.76. The van der Waals surface area contributed by atoms with Crippen molar-refractivity contribution in [3.05, 3.63) is 77.0 Å². The summed E-state index contributed by atoms with van der Waals surface area (Å²) in [5.41, 5.74) is 5.39. The minimum absolute atomic E-state index is 0.0218. The summed E-state index contributed by atoms with van der Waals surface area (Å²) in [4.78, 5) is 14.7. The van der Waals surface area contributed by atoms with Gasteiger partial charge in [-0.2, -0.15) is 5.26 Å². The van der Waals surface area contributed by atoms with E-state index in [1.54, 1.807) is 4.90 Å². The summed E-state index contributed by atoms with van der Waals surface area (Å²) < 4.78 is 1.98. The molecule has 0 saturated carbocycles. The van der Waals surface area contributed by atoms with E-state index in [0.717, 1.165) is 27.6 Å². The van der Waals surface area contributed by atoms with E-state index in [-0.39, 0.29) is 5.91 Å². The summed E-state index contributed by atoms with van der Waals surface area (Å²) in [5.74, 6) is 0.0218. The number of hydrogen-bond donors (Lipinski definition) is 0. The van der Waals surface area contributed by atoms with Gasteiger partial charge in [0.25, 0.3) is 5.91 Å². The number of rotatable bonds is 1. The van der Waals surface area contributed by atoms with Crippen LogP contribution >= 0.6 is 0 Å². The third-order valence-corrected chi connectivity index (χ3v) is 4.82. The minimum atomic E-state index is 0.0218. The van der Waals surface area contributed by atoms with Crippen molar-refractivity contribution in [3.63, 3.8) is 0 Å². The molecule has 0 unspecified atom stereocenters. The van der Waals surface area contributed by atoms with E-state index in [4.69, 9.17) is 5.26 Å². The quantitative estimate of drug-likeness (QED) is 0.686. The van der Waals surface area contributed by atoms with Gasteiger partial charge in [0, 0.05) is 37.1 Å². The number of para-hydroxylation sites is 1. The Bertz CT molecular complexity index is 1060. The molecule has 0 N–H and O–H groups in total. The van der Waals surface area contributed by atoms with Crippen LogP contribution in [0, 0.1) is 11.3 Å². The van der Waals surface area contributed by atoms with Crippen LogP contribution < -0.4 is 0 Å². The van der Waals surface area contributed by atoms with Gasteiger partial charge in [0.1, 0.15) is 5.69 Å². The zero-order chi connectivity index (χ0) is 17.6. The van der Waals surface area contributed by atoms with Gasteiger partial charge in [-0.3, -0.25) is 4.79 Å². The second-order valence-electron chi connectivity index (χ2n) is 6.29. The van der Waals surface area contributed by atoms with Crippen molar-refractivity contribution in [3.8, 4) is 6.07 Å². The predicted octanol–water partition coefficient (Wildman–Crippen LogP) is 3.57. The van der Waals surface area contributed by atoms with E-state index in [1.807, 2.05) is 61.1 Å². The molecule has 0 spiro atoms. The Balaban J connectivity index is 2.04. The summed E-state index contributed by atoms with van der Waals surface area (Å²) in [6.07, 6.45) is 2.09. The number of fused-ring (bicyclic) bond motifs is 3. The van der Waals surface area contributed by atoms with Gasteiger partial charge in [-0.15, -0.1) is 0 Å². The molecule has 0 radical (unpaired) electrons. The third-order valence-electron chi connectivity index (χ3n) is 4.82. The van der Waals surface area contributed by atoms with Crippen LogP contribution in [0.2, 0.25) is 0 Å². The molecule has 1 aliphatic rings. The first-order chi connectivity index (χ1) is 12.1. The van der Waals surface area contributed by atoms with Gasteiger partial charge in [-0.1, -0.05) is 36.4 Å². The smallest absolute Gasteiger partial charge is 0.271 e. The number of benzene rings is 2. The Morgan fingerprint density at radius 3 is 2.48 bits per heavy atom. The van der Waals surface area contributed by atoms with Crippen LogP contribution in [0.3, 0.4) is 0 Å². The van der Waals surface area contributed by atoms with Gasteiger partial charge in [0.15, 0.2) is 0 Å². The molecule has 0 atom stereocenters. The first-order valence-electron chi connectivity index (χ1n) is 8.15. The van der Waals surface area contributed by atoms with Gasteiger partial charge in [0.05, 0.1) is 11.6 Å². The highest BCUT2D eigenvalue weighted by molar-refractivity contribution is 6.10. The molecular weight excluding hydrogens is 310 g/mol. The average molecular weight is 327 g/mol. The van der Waals surface area contributed by atoms with Crippen LogP contribution in [0.25, 0.3) is 16.5 Å². The summed E-state index contributed by atoms with van der Waals surface area (Å²) in [6.45, 7) is 0.553. The van der Waals surface area contributed by atoms with Crippen LogP contribution in [-0.2, 0) is 7.05 Å². The highest BCUT2D eigenvalue weighted by Crippen LogP contribution is 2.36. The van der Waals surface area contributed by atoms with Gasteiger partial charge < -0.3 is 9.47 Å². The first-order valence-corrected chi connectivity index (χ1v) is 8.15. The van der Waals surface area contributed by atoms with Gasteiger partial charge in [0.2, 0.25) is 0 Å². The molecule has 1 aliphatic heterocycles. The van der Waals surface area contributed by atoms with Gasteiger partial charge in [-0.25, -0.2) is 0 Å². The zero-order valence-corrected chi connectivity index (χ0v) is 14.2. The largest absolute Gasteiger partial charge is 0.339 e. The van der Waals surface area contributed by atoms with Crippen molar-refractivity contribution in [1.82, 2.24) is 9.47 Å². The van der Waals surface area contributed by atoms with Crippen LogP contribution in [0.5, 0.6) is 0 Å². The second-order valence-corrected chi connectivity index (χ2v) is 6.29. The molecular formula is C21H17N3O. The van der Waals surface area contributed by atoms with E-state index in [9.17, 15) is 4.79 Å². The Morgan fingerprint density at radius 2 is 1.76 bits per heavy atom. The van der Waals surface area contributed by atoms with Crippen molar-refractivity contribution >= 4 is 22.4 Å². The number of aromatic nitrogens is 1. The lowest BCUT2D eigenvalue weighted by molar-refractivity contribution is 0.0803. The maximum Gasteiger partial charge on any atom is 0.271 e. The fraction of sp³-hybridized carbons (Fsp3) is 0.143. The number of carbonyl (C=O) groups excluding carboxylic acids is 1. The topological polar surface area (TPSA) is 49.0 Å². The van der Waals surface area contributed by atoms with E-state index >= 15 is 0 Å². The molecule has 1 amide bonds. The van der Waals surface area contributed by atoms with Crippen molar-refractivity contribution in [2.75, 3.05) is 13.6 Å². The molecule has 0 aliphatic carbocycles. The van der Waals surface area contributed by atoms with Crippen LogP contribution in [0.1, 0.15) is 27.2 Å². The van der Waals surface area contributed by atoms with Crippen LogP contribution in [-0.4, -0.2) is 29.0 Å². The lowest BCUT2D eigenvalue weighted by atomic mass is 9.94. The molecule has 4 nitrogen and oxygen atoms in total. The average Bonchev–Trinajstić information content (AvgIpc) is 2.87. The van der Waals surface area contributed by atoms with Crippen molar-refractivity contribution < 1.29 is 4.79 Å². The van der Waals surface area contributed by atoms with E-state index in [2.05, 4.69) is 18.2 Å². The van der Waals surface area contributed by atoms with E-state index in [1.165, 1.54) is 0 Å². The Hall–Kier alpha value is -3.32. The van der Waals surface area contributed by atoms with E-state index in [0.29, 0.717) is 17.8 Å². The normalized spacial score (nSPS) is 14.0. The Kier molecular flexibility index (Phi) is 3.43. The molecule has 0 fully saturated rings. The Labute approximate surface area is 146 Å². The first kappa shape index (κ1) is 15.2. The fourth-order valence-electron chi connectivity index (χ4n) is 3.50. The van der Waals surface area contributed by atoms with E-state index < -0.39 is 0 Å². The number of likely N-dealkylation sites (N-methyl/N-ethyl adjacent to an activating group) is 1. The fourth-order valence-corrected chi connectivity index (χ4v) is 3.50. The number of carbonyl (C=O) groups is 1. The number of amides is 1. The predicted molar refractivity (Wildman–Crippen MR) is 98.1 cm³/mol. The number of nitriles is 1. The lowest BCUT2D eigenvalue weighted by Crippen LogP contribution is -2.27. The van der Waals surface area contributed by atoms with Gasteiger partial charge >= 0.3 is 0 Å². The molecule has 0 bridgehead atoms. The molecule has 4 heteroatoms. The number of hydrogen-bond acceptors (Lipinski definition) is 2. The third kappa shape index (κ3) is 2.25. The molecule has 2 heterocycles. The highest BCUT2D eigenvalue weighted by atomic mass is 16.2. The molecule has 1 aromatic heterocycles. The number of aryl methyl sites for hydroxylation is 1. The summed E-state index contributed by atoms with van der Waals surface area (Å²) in [5, 5.41) is 10.1. The molecule has 3 aromatic rings. The summed E-state index contributed by atoms with van der Waals surface area (Å²) >= 11 is 0. The zero-order valence-electron chi connectivity index (χ0n) is 14.2. The molecule has 2 aromatic carbocycles. The Morgan fingerprint density at radius 1 is 1.04 bits per heavy atom. The standard InChI is InChI=1S/C21H17N3O/c1-23-12-11-16(15-9-7-14(13-22)8-10-15)19-17-5-3-4-6-18(17)24(2)20(19)21(23)25/h3-11H,12H2,1-2H3. The van der Waals surface area contributed by atoms with Crippen LogP contribution in [0.4, 0.5) is 0 Å². The number of nitrogens with zero attached hydrogens (tertiary/aromatic N) is 3. The monoisotopic (exact) mass is 327 g/mol.